The first kappa shape index (κ1) is 58.6. The molecule has 22 nitrogen and oxygen atoms in total. The van der Waals surface area contributed by atoms with E-state index in [0.717, 1.165) is 5.56 Å². The minimum absolute atomic E-state index is 0.0234. The summed E-state index contributed by atoms with van der Waals surface area (Å²) in [6.45, 7) is 20.5. The first-order chi connectivity index (χ1) is 31.3. The second-order valence-corrected chi connectivity index (χ2v) is 21.0. The second-order valence-electron chi connectivity index (χ2n) is 19.4. The summed E-state index contributed by atoms with van der Waals surface area (Å²) in [5.74, 6) is -5.65. The van der Waals surface area contributed by atoms with Crippen LogP contribution in [-0.4, -0.2) is 135 Å². The zero-order chi connectivity index (χ0) is 51.9. The maximum atomic E-state index is 14.0. The van der Waals surface area contributed by atoms with E-state index in [-0.39, 0.29) is 43.9 Å². The zero-order valence-corrected chi connectivity index (χ0v) is 42.7. The van der Waals surface area contributed by atoms with Crippen molar-refractivity contribution in [1.82, 2.24) is 36.6 Å². The molecule has 0 saturated carbocycles. The molecule has 0 fully saturated rings. The zero-order valence-electron chi connectivity index (χ0n) is 41.9. The lowest BCUT2D eigenvalue weighted by Gasteiger charge is -2.27. The van der Waals surface area contributed by atoms with Gasteiger partial charge in [-0.15, -0.1) is 0 Å². The van der Waals surface area contributed by atoms with Gasteiger partial charge in [0.2, 0.25) is 41.4 Å². The Labute approximate surface area is 400 Å². The fraction of sp³-hybridized carbons (Fsp3) is 0.689. The minimum atomic E-state index is -4.24. The average Bonchev–Trinajstić information content (AvgIpc) is 3.55. The Morgan fingerprint density at radius 2 is 1.25 bits per heavy atom. The van der Waals surface area contributed by atoms with Crippen molar-refractivity contribution in [1.29, 1.82) is 0 Å². The Kier molecular flexibility index (Phi) is 21.7. The van der Waals surface area contributed by atoms with Gasteiger partial charge >= 0.3 is 5.97 Å². The van der Waals surface area contributed by atoms with Gasteiger partial charge in [-0.1, -0.05) is 19.8 Å². The summed E-state index contributed by atoms with van der Waals surface area (Å²) < 4.78 is 47.5. The van der Waals surface area contributed by atoms with Gasteiger partial charge in [0.05, 0.1) is 42.4 Å². The molecule has 0 aromatic heterocycles. The van der Waals surface area contributed by atoms with Crippen LogP contribution in [0.25, 0.3) is 0 Å². The van der Waals surface area contributed by atoms with Gasteiger partial charge in [-0.05, 0) is 112 Å². The molecule has 10 N–H and O–H groups in total. The number of hydrogen-bond donors (Lipinski definition) is 9. The molecule has 384 valence electrons. The first-order valence-corrected chi connectivity index (χ1v) is 24.1. The summed E-state index contributed by atoms with van der Waals surface area (Å²) in [5, 5.41) is 24.5. The number of rotatable bonds is 25. The van der Waals surface area contributed by atoms with E-state index in [9.17, 15) is 47.1 Å². The molecule has 0 spiro atoms. The highest BCUT2D eigenvalue weighted by molar-refractivity contribution is 7.90. The Balaban J connectivity index is 2.37. The molecular formula is C45H75N9O13S. The van der Waals surface area contributed by atoms with Gasteiger partial charge in [-0.2, -0.15) is 0 Å². The number of nitrogens with one attached hydrogen (secondary N) is 7. The fourth-order valence-corrected chi connectivity index (χ4v) is 8.39. The molecule has 1 aliphatic rings. The summed E-state index contributed by atoms with van der Waals surface area (Å²) in [7, 11) is -4.24. The standard InChI is InChI=1S/C45H75N9O13S/c1-14-15-17-31(41(61)62)52-40(60)33(24-66-44(9,10)11)53-39(59)30(50-35(57)22-49-38(58)32(23-65-43(6,7)8)51-34(56)21-48-28(5)55)18-16-19-47-42(46)54-68(63,64)37-26(3)25(2)36-29(27(37)4)20-45(12,13)67-36/h30-33H,14-24H2,1-13H3,(H,48,55)(H,49,58)(H,50,57)(H,51,56)(H,52,60)(H,53,59)(H,61,62)(H3,46,47,54)/t30-,31-,32-,33-/m0/s1. The number of carboxylic acids is 1. The van der Waals surface area contributed by atoms with Crippen molar-refractivity contribution in [2.24, 2.45) is 10.7 Å². The number of nitrogens with two attached hydrogens (primary N) is 1. The molecule has 0 unspecified atom stereocenters. The van der Waals surface area contributed by atoms with Gasteiger partial charge in [0.1, 0.15) is 35.5 Å². The number of carbonyl (C=O) groups is 7. The van der Waals surface area contributed by atoms with Crippen LogP contribution in [0, 0.1) is 20.8 Å². The van der Waals surface area contributed by atoms with Crippen LogP contribution in [0.4, 0.5) is 0 Å². The molecule has 1 aromatic carbocycles. The van der Waals surface area contributed by atoms with Crippen LogP contribution in [0.5, 0.6) is 5.75 Å². The SMILES string of the molecule is CCCC[C@H](NC(=O)[C@H](COC(C)(C)C)NC(=O)[C@H](CCCN=C(N)NS(=O)(=O)c1c(C)c(C)c2c(c1C)CC(C)(C)O2)NC(=O)CNC(=O)[C@H](COC(C)(C)C)NC(=O)CNC(C)=O)C(=O)O. The summed E-state index contributed by atoms with van der Waals surface area (Å²) >= 11 is 0. The quantitative estimate of drug-likeness (QED) is 0.0372. The van der Waals surface area contributed by atoms with Gasteiger partial charge in [0.15, 0.2) is 0 Å². The molecule has 0 saturated heterocycles. The average molecular weight is 982 g/mol. The summed E-state index contributed by atoms with van der Waals surface area (Å²) in [6.07, 6.45) is 1.66. The number of nitrogens with zero attached hydrogens (tertiary/aromatic N) is 1. The van der Waals surface area contributed by atoms with Crippen molar-refractivity contribution >= 4 is 57.4 Å². The van der Waals surface area contributed by atoms with E-state index >= 15 is 0 Å². The number of amides is 6. The minimum Gasteiger partial charge on any atom is -0.487 e. The van der Waals surface area contributed by atoms with Crippen molar-refractivity contribution in [2.45, 2.75) is 174 Å². The molecule has 1 aromatic rings. The van der Waals surface area contributed by atoms with Gasteiger partial charge in [-0.3, -0.25) is 33.8 Å². The Hall–Kier alpha value is -5.55. The highest BCUT2D eigenvalue weighted by Crippen LogP contribution is 2.43. The van der Waals surface area contributed by atoms with E-state index in [4.69, 9.17) is 19.9 Å². The number of aliphatic carboxylic acids is 1. The molecular weight excluding hydrogens is 907 g/mol. The molecule has 1 aliphatic heterocycles. The molecule has 0 radical (unpaired) electrons. The maximum Gasteiger partial charge on any atom is 0.326 e. The number of hydrogen-bond acceptors (Lipinski definition) is 13. The summed E-state index contributed by atoms with van der Waals surface area (Å²) in [4.78, 5) is 94.4. The third-order valence-corrected chi connectivity index (χ3v) is 12.0. The lowest BCUT2D eigenvalue weighted by atomic mass is 9.94. The third kappa shape index (κ3) is 19.6. The normalized spacial score (nSPS) is 15.3. The Morgan fingerprint density at radius 3 is 1.78 bits per heavy atom. The molecule has 0 bridgehead atoms. The molecule has 2 rings (SSSR count). The number of carboxylic acid groups (broad SMARTS) is 1. The smallest absolute Gasteiger partial charge is 0.326 e. The number of guanidine groups is 1. The largest absolute Gasteiger partial charge is 0.487 e. The predicted octanol–water partition coefficient (Wildman–Crippen LogP) is 0.795. The topological polar surface area (TPSA) is 324 Å². The van der Waals surface area contributed by atoms with Crippen LogP contribution in [0.15, 0.2) is 9.89 Å². The van der Waals surface area contributed by atoms with E-state index in [1.165, 1.54) is 6.92 Å². The first-order valence-electron chi connectivity index (χ1n) is 22.6. The highest BCUT2D eigenvalue weighted by Gasteiger charge is 2.37. The van der Waals surface area contributed by atoms with Crippen LogP contribution in [0.3, 0.4) is 0 Å². The van der Waals surface area contributed by atoms with E-state index in [0.29, 0.717) is 41.7 Å². The lowest BCUT2D eigenvalue weighted by Crippen LogP contribution is -2.58. The van der Waals surface area contributed by atoms with E-state index in [1.807, 2.05) is 20.8 Å². The number of fused-ring (bicyclic) bond motifs is 1. The fourth-order valence-electron chi connectivity index (χ4n) is 6.86. The van der Waals surface area contributed by atoms with Gasteiger partial charge in [0.25, 0.3) is 10.0 Å². The molecule has 68 heavy (non-hydrogen) atoms. The van der Waals surface area contributed by atoms with Crippen molar-refractivity contribution < 1.29 is 61.3 Å². The molecule has 6 amide bonds. The van der Waals surface area contributed by atoms with Gasteiger partial charge in [0, 0.05) is 25.5 Å². The lowest BCUT2D eigenvalue weighted by molar-refractivity contribution is -0.143. The number of benzene rings is 1. The maximum absolute atomic E-state index is 14.0. The number of carbonyl (C=O) groups excluding carboxylic acids is 6. The van der Waals surface area contributed by atoms with Crippen molar-refractivity contribution in [3.05, 3.63) is 22.3 Å². The molecule has 1 heterocycles. The van der Waals surface area contributed by atoms with Crippen LogP contribution in [0.1, 0.15) is 124 Å². The number of ether oxygens (including phenoxy) is 3. The monoisotopic (exact) mass is 982 g/mol. The van der Waals surface area contributed by atoms with Crippen LogP contribution in [0.2, 0.25) is 0 Å². The third-order valence-electron chi connectivity index (χ3n) is 10.4. The number of sulfonamides is 1. The van der Waals surface area contributed by atoms with Crippen molar-refractivity contribution in [3.63, 3.8) is 0 Å². The summed E-state index contributed by atoms with van der Waals surface area (Å²) in [6, 6.07) is -5.39. The van der Waals surface area contributed by atoms with Crippen LogP contribution in [-0.2, 0) is 59.5 Å². The molecule has 23 heteroatoms. The van der Waals surface area contributed by atoms with Gasteiger partial charge < -0.3 is 57.0 Å². The van der Waals surface area contributed by atoms with Crippen molar-refractivity contribution in [2.75, 3.05) is 32.8 Å². The summed E-state index contributed by atoms with van der Waals surface area (Å²) in [5.41, 5.74) is 6.54. The van der Waals surface area contributed by atoms with Gasteiger partial charge in [-0.25, -0.2) is 17.9 Å². The Morgan fingerprint density at radius 1 is 0.750 bits per heavy atom. The molecule has 0 aliphatic carbocycles. The van der Waals surface area contributed by atoms with Crippen molar-refractivity contribution in [3.8, 4) is 5.75 Å². The highest BCUT2D eigenvalue weighted by atomic mass is 32.2. The Bertz CT molecular complexity index is 2150. The number of aliphatic imine (C=N–C) groups is 1. The van der Waals surface area contributed by atoms with Crippen LogP contribution < -0.4 is 47.1 Å². The van der Waals surface area contributed by atoms with E-state index < -0.39 is 111 Å². The second kappa shape index (κ2) is 25.2. The van der Waals surface area contributed by atoms with E-state index in [2.05, 4.69) is 41.6 Å². The molecule has 4 atom stereocenters. The van der Waals surface area contributed by atoms with E-state index in [1.54, 1.807) is 62.3 Å². The van der Waals surface area contributed by atoms with Crippen LogP contribution >= 0.6 is 0 Å². The number of unbranched alkanes of at least 4 members (excludes halogenated alkanes) is 1. The predicted molar refractivity (Wildman–Crippen MR) is 253 cm³/mol.